The van der Waals surface area contributed by atoms with Gasteiger partial charge < -0.3 is 40.2 Å². The molecular formula is C20H30N4O7. The van der Waals surface area contributed by atoms with Crippen LogP contribution < -0.4 is 10.6 Å². The van der Waals surface area contributed by atoms with E-state index in [9.17, 15) is 20.1 Å². The van der Waals surface area contributed by atoms with E-state index in [2.05, 4.69) is 20.6 Å². The second kappa shape index (κ2) is 8.66. The molecule has 0 spiro atoms. The molecule has 3 unspecified atom stereocenters. The molecule has 0 aromatic carbocycles. The predicted octanol–water partition coefficient (Wildman–Crippen LogP) is -1.47. The van der Waals surface area contributed by atoms with Crippen molar-refractivity contribution >= 4 is 5.91 Å². The molecule has 3 aliphatic rings. The van der Waals surface area contributed by atoms with Gasteiger partial charge in [0.15, 0.2) is 0 Å². The summed E-state index contributed by atoms with van der Waals surface area (Å²) in [6.45, 7) is 3.67. The summed E-state index contributed by atoms with van der Waals surface area (Å²) in [5.41, 5.74) is 0.0961. The summed E-state index contributed by atoms with van der Waals surface area (Å²) >= 11 is 0. The lowest BCUT2D eigenvalue weighted by molar-refractivity contribution is -0.450. The number of ether oxygens (including phenoxy) is 3. The number of hydrogen-bond donors (Lipinski definition) is 5. The Morgan fingerprint density at radius 3 is 2.68 bits per heavy atom. The largest absolute Gasteiger partial charge is 0.391 e. The molecule has 11 nitrogen and oxygen atoms in total. The number of aliphatic hydroxyl groups is 3. The number of rotatable bonds is 4. The van der Waals surface area contributed by atoms with Crippen molar-refractivity contribution in [1.82, 2.24) is 20.6 Å². The first-order valence-electron chi connectivity index (χ1n) is 10.6. The SMILES string of the molecule is CC[C@@H]1[C@H](O)[C@H](NC)C2O[C@]3(O)C(OC2[C@H]1O)O[C@H](C)C[C@H]3NC(=O)c1cnccn1. The molecule has 2 saturated heterocycles. The molecule has 0 radical (unpaired) electrons. The van der Waals surface area contributed by atoms with Crippen molar-refractivity contribution in [3.63, 3.8) is 0 Å². The van der Waals surface area contributed by atoms with Gasteiger partial charge in [0.2, 0.25) is 12.1 Å². The fourth-order valence-electron chi connectivity index (χ4n) is 4.89. The lowest BCUT2D eigenvalue weighted by atomic mass is 9.74. The smallest absolute Gasteiger partial charge is 0.271 e. The molecule has 1 amide bonds. The summed E-state index contributed by atoms with van der Waals surface area (Å²) < 4.78 is 17.9. The van der Waals surface area contributed by atoms with Crippen LogP contribution in [0, 0.1) is 5.92 Å². The van der Waals surface area contributed by atoms with Crippen LogP contribution in [0.4, 0.5) is 0 Å². The first-order valence-corrected chi connectivity index (χ1v) is 10.6. The van der Waals surface area contributed by atoms with E-state index in [-0.39, 0.29) is 18.2 Å². The van der Waals surface area contributed by atoms with E-state index in [1.165, 1.54) is 18.6 Å². The van der Waals surface area contributed by atoms with Gasteiger partial charge in [-0.15, -0.1) is 0 Å². The molecule has 1 saturated carbocycles. The number of carbonyl (C=O) groups excluding carboxylic acids is 1. The Balaban J connectivity index is 1.61. The fourth-order valence-corrected chi connectivity index (χ4v) is 4.89. The third kappa shape index (κ3) is 3.84. The second-order valence-electron chi connectivity index (χ2n) is 8.43. The maximum absolute atomic E-state index is 12.7. The predicted molar refractivity (Wildman–Crippen MR) is 106 cm³/mol. The average Bonchev–Trinajstić information content (AvgIpc) is 2.75. The van der Waals surface area contributed by atoms with Gasteiger partial charge in [0.25, 0.3) is 5.91 Å². The van der Waals surface area contributed by atoms with Gasteiger partial charge in [0, 0.05) is 18.3 Å². The molecular weight excluding hydrogens is 408 g/mol. The number of aromatic nitrogens is 2. The molecule has 31 heavy (non-hydrogen) atoms. The number of nitrogens with one attached hydrogen (secondary N) is 2. The first-order chi connectivity index (χ1) is 14.8. The molecule has 1 aliphatic carbocycles. The highest BCUT2D eigenvalue weighted by Gasteiger charge is 2.63. The minimum atomic E-state index is -2.03. The third-order valence-electron chi connectivity index (χ3n) is 6.53. The summed E-state index contributed by atoms with van der Waals surface area (Å²) in [4.78, 5) is 20.5. The molecule has 1 aromatic rings. The number of nitrogens with zero attached hydrogens (tertiary/aromatic N) is 2. The average molecular weight is 438 g/mol. The van der Waals surface area contributed by atoms with Crippen LogP contribution in [0.25, 0.3) is 0 Å². The van der Waals surface area contributed by atoms with Crippen molar-refractivity contribution in [2.45, 2.75) is 81.4 Å². The van der Waals surface area contributed by atoms with Gasteiger partial charge in [-0.3, -0.25) is 9.78 Å². The molecule has 10 atom stereocenters. The van der Waals surface area contributed by atoms with Crippen molar-refractivity contribution in [3.8, 4) is 0 Å². The van der Waals surface area contributed by atoms with Crippen LogP contribution in [0.1, 0.15) is 37.2 Å². The molecule has 172 valence electrons. The van der Waals surface area contributed by atoms with E-state index in [0.29, 0.717) is 6.42 Å². The summed E-state index contributed by atoms with van der Waals surface area (Å²) in [6, 6.07) is -1.48. The zero-order chi connectivity index (χ0) is 22.3. The van der Waals surface area contributed by atoms with Gasteiger partial charge in [-0.1, -0.05) is 6.92 Å². The quantitative estimate of drug-likeness (QED) is 0.376. The zero-order valence-corrected chi connectivity index (χ0v) is 17.7. The Kier molecular flexibility index (Phi) is 6.28. The summed E-state index contributed by atoms with van der Waals surface area (Å²) in [6.07, 6.45) is -0.224. The third-order valence-corrected chi connectivity index (χ3v) is 6.53. The Morgan fingerprint density at radius 1 is 1.26 bits per heavy atom. The van der Waals surface area contributed by atoms with E-state index in [1.54, 1.807) is 14.0 Å². The Hall–Kier alpha value is -1.73. The highest BCUT2D eigenvalue weighted by atomic mass is 16.8. The maximum Gasteiger partial charge on any atom is 0.271 e. The van der Waals surface area contributed by atoms with Crippen LogP contribution >= 0.6 is 0 Å². The van der Waals surface area contributed by atoms with E-state index in [4.69, 9.17) is 14.2 Å². The lowest BCUT2D eigenvalue weighted by Crippen LogP contribution is -2.77. The molecule has 2 aliphatic heterocycles. The van der Waals surface area contributed by atoms with Crippen LogP contribution in [0.5, 0.6) is 0 Å². The Labute approximate surface area is 180 Å². The van der Waals surface area contributed by atoms with Gasteiger partial charge >= 0.3 is 0 Å². The Bertz CT molecular complexity index is 786. The zero-order valence-electron chi connectivity index (χ0n) is 17.7. The van der Waals surface area contributed by atoms with Crippen LogP contribution in [0.3, 0.4) is 0 Å². The number of fused-ring (bicyclic) bond motifs is 2. The lowest BCUT2D eigenvalue weighted by Gasteiger charge is -2.58. The van der Waals surface area contributed by atoms with Crippen molar-refractivity contribution in [3.05, 3.63) is 24.3 Å². The normalized spacial score (nSPS) is 44.8. The van der Waals surface area contributed by atoms with Gasteiger partial charge in [-0.05, 0) is 26.8 Å². The molecule has 4 rings (SSSR count). The molecule has 1 aromatic heterocycles. The number of amides is 1. The van der Waals surface area contributed by atoms with Crippen molar-refractivity contribution < 1.29 is 34.3 Å². The number of aliphatic hydroxyl groups excluding tert-OH is 2. The van der Waals surface area contributed by atoms with E-state index < -0.39 is 60.4 Å². The molecule has 5 N–H and O–H groups in total. The first kappa shape index (κ1) is 22.5. The number of likely N-dealkylation sites (N-methyl/N-ethyl adjacent to an activating group) is 1. The van der Waals surface area contributed by atoms with Crippen LogP contribution in [0.2, 0.25) is 0 Å². The van der Waals surface area contributed by atoms with Gasteiger partial charge in [-0.2, -0.15) is 0 Å². The van der Waals surface area contributed by atoms with E-state index in [0.717, 1.165) is 0 Å². The maximum atomic E-state index is 12.7. The monoisotopic (exact) mass is 438 g/mol. The van der Waals surface area contributed by atoms with Gasteiger partial charge in [0.05, 0.1) is 36.6 Å². The van der Waals surface area contributed by atoms with Gasteiger partial charge in [-0.25, -0.2) is 4.98 Å². The molecule has 3 fully saturated rings. The number of carbonyl (C=O) groups is 1. The Morgan fingerprint density at radius 2 is 2.03 bits per heavy atom. The second-order valence-corrected chi connectivity index (χ2v) is 8.43. The van der Waals surface area contributed by atoms with Crippen molar-refractivity contribution in [1.29, 1.82) is 0 Å². The van der Waals surface area contributed by atoms with Crippen molar-refractivity contribution in [2.24, 2.45) is 5.92 Å². The van der Waals surface area contributed by atoms with E-state index in [1.807, 2.05) is 6.92 Å². The van der Waals surface area contributed by atoms with Crippen molar-refractivity contribution in [2.75, 3.05) is 7.05 Å². The summed E-state index contributed by atoms with van der Waals surface area (Å²) in [7, 11) is 1.67. The minimum Gasteiger partial charge on any atom is -0.391 e. The topological polar surface area (TPSA) is 155 Å². The molecule has 0 bridgehead atoms. The van der Waals surface area contributed by atoms with Gasteiger partial charge in [0.1, 0.15) is 17.9 Å². The molecule has 3 heterocycles. The fraction of sp³-hybridized carbons (Fsp3) is 0.750. The van der Waals surface area contributed by atoms with Crippen LogP contribution in [-0.4, -0.2) is 92.9 Å². The van der Waals surface area contributed by atoms with E-state index >= 15 is 0 Å². The van der Waals surface area contributed by atoms with Crippen LogP contribution in [0.15, 0.2) is 18.6 Å². The highest BCUT2D eigenvalue weighted by Crippen LogP contribution is 2.43. The number of hydrogen-bond acceptors (Lipinski definition) is 10. The minimum absolute atomic E-state index is 0.0961. The highest BCUT2D eigenvalue weighted by molar-refractivity contribution is 5.92. The summed E-state index contributed by atoms with van der Waals surface area (Å²) in [5.74, 6) is -2.98. The van der Waals surface area contributed by atoms with Crippen LogP contribution in [-0.2, 0) is 14.2 Å². The summed E-state index contributed by atoms with van der Waals surface area (Å²) in [5, 5.41) is 38.9. The molecule has 11 heteroatoms. The standard InChI is InChI=1S/C20H30N4O7/c1-4-10-14(25)13(21-3)16-17(15(10)26)30-19-20(28,31-16)12(7-9(2)29-19)24-18(27)11-8-22-5-6-23-11/h5-6,8-10,12-17,19,21,25-26,28H,4,7H2,1-3H3,(H,24,27)/t9-,10-,12-,13+,14+,15+,16?,17?,19?,20+/m1/s1.